The topological polar surface area (TPSA) is 264 Å². The van der Waals surface area contributed by atoms with E-state index >= 15 is 0 Å². The normalized spacial score (nSPS) is 11.7. The number of halogens is 6. The number of aromatic carboxylic acids is 1. The molecular weight excluding hydrogens is 1380 g/mol. The number of benzene rings is 2. The quantitative estimate of drug-likeness (QED) is 0.117. The van der Waals surface area contributed by atoms with Crippen LogP contribution < -0.4 is 21.3 Å². The van der Waals surface area contributed by atoms with Gasteiger partial charge in [-0.2, -0.15) is 0 Å². The van der Waals surface area contributed by atoms with Gasteiger partial charge in [-0.25, -0.2) is 4.79 Å². The van der Waals surface area contributed by atoms with Crippen molar-refractivity contribution in [2.24, 2.45) is 0 Å². The molecule has 0 spiro atoms. The number of hydrogen-bond acceptors (Lipinski definition) is 11. The molecule has 0 radical (unpaired) electrons. The van der Waals surface area contributed by atoms with Gasteiger partial charge in [-0.3, -0.25) is 24.0 Å². The molecule has 0 aliphatic carbocycles. The lowest BCUT2D eigenvalue weighted by Gasteiger charge is -2.24. The van der Waals surface area contributed by atoms with Crippen molar-refractivity contribution in [3.05, 3.63) is 43.7 Å². The van der Waals surface area contributed by atoms with Gasteiger partial charge in [0.25, 0.3) is 11.8 Å². The van der Waals surface area contributed by atoms with Crippen molar-refractivity contribution >= 4 is 182 Å². The molecule has 2 rings (SSSR count). The van der Waals surface area contributed by atoms with Crippen LogP contribution in [0.4, 0.5) is 11.4 Å². The number of nitrogens with one attached hydrogen (secondary N) is 4. The highest BCUT2D eigenvalue weighted by atomic mass is 127. The van der Waals surface area contributed by atoms with Crippen LogP contribution in [0.3, 0.4) is 0 Å². The third kappa shape index (κ3) is 14.7. The molecule has 2 atom stereocenters. The summed E-state index contributed by atoms with van der Waals surface area (Å²) in [7, 11) is 2.79. The molecule has 5 amide bonds. The van der Waals surface area contributed by atoms with Crippen molar-refractivity contribution in [1.82, 2.24) is 15.5 Å². The van der Waals surface area contributed by atoms with Crippen LogP contribution in [0.2, 0.25) is 0 Å². The number of anilines is 2. The Bertz CT molecular complexity index is 1730. The van der Waals surface area contributed by atoms with Gasteiger partial charge in [-0.05, 0) is 136 Å². The summed E-state index contributed by atoms with van der Waals surface area (Å²) >= 11 is 11.5. The number of hydrogen-bond donors (Lipinski definition) is 9. The van der Waals surface area contributed by atoms with Crippen molar-refractivity contribution in [3.63, 3.8) is 0 Å². The Hall–Kier alpha value is -0.560. The van der Waals surface area contributed by atoms with E-state index in [4.69, 9.17) is 14.9 Å². The molecule has 0 aliphatic heterocycles. The van der Waals surface area contributed by atoms with Gasteiger partial charge < -0.3 is 56.4 Å². The van der Waals surface area contributed by atoms with Gasteiger partial charge in [0.05, 0.1) is 64.2 Å². The molecule has 17 nitrogen and oxygen atoms in total. The Morgan fingerprint density at radius 1 is 0.717 bits per heavy atom. The summed E-state index contributed by atoms with van der Waals surface area (Å²) in [6, 6.07) is 0. The fourth-order valence-electron chi connectivity index (χ4n) is 4.04. The second-order valence-corrected chi connectivity index (χ2v) is 17.2. The average Bonchev–Trinajstić information content (AvgIpc) is 3.07. The molecule has 53 heavy (non-hydrogen) atoms. The lowest BCUT2D eigenvalue weighted by Crippen LogP contribution is -2.38. The first-order valence-electron chi connectivity index (χ1n) is 14.7. The summed E-state index contributed by atoms with van der Waals surface area (Å²) in [5, 5.41) is 57.1. The summed E-state index contributed by atoms with van der Waals surface area (Å²) in [5.74, 6) is -3.21. The number of carboxylic acids is 1. The molecule has 0 bridgehead atoms. The van der Waals surface area contributed by atoms with E-state index in [2.05, 4.69) is 21.3 Å². The maximum atomic E-state index is 13.2. The predicted molar refractivity (Wildman–Crippen MR) is 244 cm³/mol. The Kier molecular flexibility index (Phi) is 23.1. The Labute approximate surface area is 386 Å². The summed E-state index contributed by atoms with van der Waals surface area (Å²) in [6.07, 6.45) is -2.31. The van der Waals surface area contributed by atoms with Crippen LogP contribution in [0.1, 0.15) is 50.5 Å². The van der Waals surface area contributed by atoms with Crippen molar-refractivity contribution in [3.8, 4) is 0 Å². The summed E-state index contributed by atoms with van der Waals surface area (Å²) in [5.41, 5.74) is 1.72. The molecule has 0 aliphatic rings. The minimum absolute atomic E-state index is 0.101. The largest absolute Gasteiger partial charge is 0.478 e. The van der Waals surface area contributed by atoms with E-state index in [1.54, 1.807) is 0 Å². The highest BCUT2D eigenvalue weighted by Crippen LogP contribution is 2.37. The number of carbonyl (C=O) groups excluding carboxylic acids is 5. The van der Waals surface area contributed by atoms with Gasteiger partial charge in [-0.1, -0.05) is 0 Å². The van der Waals surface area contributed by atoms with Gasteiger partial charge in [0, 0.05) is 63.9 Å². The highest BCUT2D eigenvalue weighted by molar-refractivity contribution is 14.1. The first-order valence-corrected chi connectivity index (χ1v) is 21.2. The molecule has 0 aromatic heterocycles. The fraction of sp³-hybridized carbons (Fsp3) is 0.400. The third-order valence-corrected chi connectivity index (χ3v) is 13.2. The minimum atomic E-state index is -1.16. The fourth-order valence-corrected chi connectivity index (χ4v) is 12.7. The van der Waals surface area contributed by atoms with Gasteiger partial charge in [0.2, 0.25) is 17.7 Å². The minimum Gasteiger partial charge on any atom is -0.478 e. The van der Waals surface area contributed by atoms with Crippen molar-refractivity contribution in [2.45, 2.75) is 32.6 Å². The van der Waals surface area contributed by atoms with E-state index in [1.165, 1.54) is 32.9 Å². The second-order valence-electron chi connectivity index (χ2n) is 10.7. The van der Waals surface area contributed by atoms with E-state index in [9.17, 15) is 44.1 Å². The van der Waals surface area contributed by atoms with Crippen molar-refractivity contribution < 1.29 is 59.0 Å². The summed E-state index contributed by atoms with van der Waals surface area (Å²) in [6.45, 7) is 1.27. The molecule has 0 saturated carbocycles. The van der Waals surface area contributed by atoms with E-state index in [-0.39, 0.29) is 60.4 Å². The van der Waals surface area contributed by atoms with E-state index in [0.29, 0.717) is 29.1 Å². The van der Waals surface area contributed by atoms with Crippen LogP contribution in [-0.4, -0.2) is 125 Å². The molecule has 0 fully saturated rings. The second kappa shape index (κ2) is 24.3. The summed E-state index contributed by atoms with van der Waals surface area (Å²) < 4.78 is 7.61. The molecule has 2 aromatic carbocycles. The smallest absolute Gasteiger partial charge is 0.337 e. The number of amides is 5. The maximum absolute atomic E-state index is 13.2. The number of likely N-dealkylation sites (N-methyl/N-ethyl adjacent to an activating group) is 1. The number of carbonyl (C=O) groups is 6. The van der Waals surface area contributed by atoms with Crippen molar-refractivity contribution in [2.75, 3.05) is 57.7 Å². The van der Waals surface area contributed by atoms with Crippen molar-refractivity contribution in [1.29, 1.82) is 0 Å². The molecule has 2 aromatic rings. The number of rotatable bonds is 15. The molecule has 0 saturated heterocycles. The number of aliphatic hydroxyl groups excluding tert-OH is 4. The standard InChI is InChI=1S/C18H24I3N3O8.C12H11I3N2O4/c1-24(4-9(28)6-26)18(31)12-13(19)11(17(30)22-3-8(27)5-25)14(20)16(15(12)21)23-10(29)7-32-2;1-4(18)16-3-6-8(13)7(12(20)21)10(15)11(9(6)14)17-5(2)19/h8-9,25-28H,3-7H2,1-2H3,(H,22,30)(H,23,29);3H2,1-2H3,(H,16,18)(H,17,19)(H,20,21). The number of carboxylic acid groups (broad SMARTS) is 1. The van der Waals surface area contributed by atoms with Gasteiger partial charge in [-0.15, -0.1) is 0 Å². The number of methoxy groups -OCH3 is 1. The molecule has 294 valence electrons. The Balaban J connectivity index is 0.000000578. The first kappa shape index (κ1) is 50.5. The average molecular weight is 1420 g/mol. The maximum Gasteiger partial charge on any atom is 0.337 e. The third-order valence-electron chi connectivity index (χ3n) is 6.49. The lowest BCUT2D eigenvalue weighted by atomic mass is 10.1. The molecule has 0 heterocycles. The van der Waals surface area contributed by atoms with Crippen LogP contribution in [0.5, 0.6) is 0 Å². The molecular formula is C30H35I6N5O12. The van der Waals surface area contributed by atoms with Crippen LogP contribution in [0.25, 0.3) is 0 Å². The number of aliphatic hydroxyl groups is 4. The summed E-state index contributed by atoms with van der Waals surface area (Å²) in [4.78, 5) is 73.3. The van der Waals surface area contributed by atoms with Crippen LogP contribution in [0, 0.1) is 21.4 Å². The molecule has 9 N–H and O–H groups in total. The zero-order valence-electron chi connectivity index (χ0n) is 28.2. The van der Waals surface area contributed by atoms with E-state index < -0.39 is 49.1 Å². The highest BCUT2D eigenvalue weighted by Gasteiger charge is 2.31. The Morgan fingerprint density at radius 2 is 1.25 bits per heavy atom. The van der Waals surface area contributed by atoms with Crippen LogP contribution in [0.15, 0.2) is 0 Å². The zero-order valence-corrected chi connectivity index (χ0v) is 41.2. The molecule has 23 heteroatoms. The monoisotopic (exact) mass is 1420 g/mol. The van der Waals surface area contributed by atoms with Gasteiger partial charge >= 0.3 is 5.97 Å². The predicted octanol–water partition coefficient (Wildman–Crippen LogP) is 2.39. The van der Waals surface area contributed by atoms with Crippen LogP contribution in [-0.2, 0) is 25.7 Å². The van der Waals surface area contributed by atoms with Crippen LogP contribution >= 0.6 is 136 Å². The van der Waals surface area contributed by atoms with Gasteiger partial charge in [0.1, 0.15) is 6.61 Å². The lowest BCUT2D eigenvalue weighted by molar-refractivity contribution is -0.120. The number of nitrogens with zero attached hydrogens (tertiary/aromatic N) is 1. The first-order chi connectivity index (χ1) is 24.7. The molecule has 2 unspecified atom stereocenters. The van der Waals surface area contributed by atoms with E-state index in [0.717, 1.165) is 3.57 Å². The van der Waals surface area contributed by atoms with E-state index in [1.807, 2.05) is 136 Å². The SMILES string of the molecule is CC(=O)NCc1c(I)c(NC(C)=O)c(I)c(C(=O)O)c1I.COCC(=O)Nc1c(I)c(C(=O)NCC(O)CO)c(I)c(C(=O)N(C)CC(O)CO)c1I. The van der Waals surface area contributed by atoms with Gasteiger partial charge in [0.15, 0.2) is 0 Å². The zero-order chi connectivity index (χ0) is 40.9. The Morgan fingerprint density at radius 3 is 1.74 bits per heavy atom. The number of ether oxygens (including phenoxy) is 1.